The summed E-state index contributed by atoms with van der Waals surface area (Å²) in [7, 11) is 0. The second-order valence-corrected chi connectivity index (χ2v) is 8.78. The molecule has 6 nitrogen and oxygen atoms in total. The summed E-state index contributed by atoms with van der Waals surface area (Å²) in [5.74, 6) is -0.542. The van der Waals surface area contributed by atoms with Gasteiger partial charge in [0.05, 0.1) is 6.10 Å². The lowest BCUT2D eigenvalue weighted by molar-refractivity contribution is -0.142. The number of hydrogen-bond acceptors (Lipinski definition) is 6. The van der Waals surface area contributed by atoms with Gasteiger partial charge < -0.3 is 14.6 Å². The minimum Gasteiger partial charge on any atom is -0.480 e. The maximum Gasteiger partial charge on any atom is 0.323 e. The molecule has 0 aliphatic rings. The van der Waals surface area contributed by atoms with Crippen LogP contribution in [0.3, 0.4) is 0 Å². The molecule has 2 atom stereocenters. The summed E-state index contributed by atoms with van der Waals surface area (Å²) >= 11 is 1.55. The van der Waals surface area contributed by atoms with E-state index in [1.165, 1.54) is 6.92 Å². The van der Waals surface area contributed by atoms with Gasteiger partial charge in [-0.2, -0.15) is 0 Å². The molecule has 0 aliphatic heterocycles. The van der Waals surface area contributed by atoms with E-state index in [0.29, 0.717) is 23.5 Å². The molecule has 4 aromatic rings. The molecule has 0 unspecified atom stereocenters. The Morgan fingerprint density at radius 2 is 1.85 bits per heavy atom. The number of aromatic nitrogens is 1. The fourth-order valence-corrected chi connectivity index (χ4v) is 4.54. The maximum atomic E-state index is 11.4. The van der Waals surface area contributed by atoms with Crippen molar-refractivity contribution >= 4 is 28.8 Å². The van der Waals surface area contributed by atoms with Crippen LogP contribution in [0, 0.1) is 6.92 Å². The van der Waals surface area contributed by atoms with Crippen LogP contribution in [0.5, 0.6) is 0 Å². The van der Waals surface area contributed by atoms with E-state index < -0.39 is 18.1 Å². The number of fused-ring (bicyclic) bond motifs is 1. The van der Waals surface area contributed by atoms with Crippen LogP contribution in [0.4, 0.5) is 0 Å². The number of nitrogens with zero attached hydrogens (tertiary/aromatic N) is 1. The van der Waals surface area contributed by atoms with Gasteiger partial charge in [-0.3, -0.25) is 10.1 Å². The van der Waals surface area contributed by atoms with Crippen LogP contribution in [-0.2, 0) is 11.3 Å². The molecule has 0 amide bonds. The molecule has 3 aromatic carbocycles. The summed E-state index contributed by atoms with van der Waals surface area (Å²) in [6.07, 6.45) is 0.946. The molecule has 4 rings (SSSR count). The van der Waals surface area contributed by atoms with E-state index in [0.717, 1.165) is 32.7 Å². The molecule has 33 heavy (non-hydrogen) atoms. The lowest BCUT2D eigenvalue weighted by Crippen LogP contribution is -2.44. The third-order valence-electron chi connectivity index (χ3n) is 5.70. The fraction of sp³-hybridized carbons (Fsp3) is 0.231. The summed E-state index contributed by atoms with van der Waals surface area (Å²) in [6.45, 7) is 3.82. The van der Waals surface area contributed by atoms with Crippen molar-refractivity contribution in [1.82, 2.24) is 10.3 Å². The number of aliphatic carboxylic acids is 1. The van der Waals surface area contributed by atoms with E-state index in [1.54, 1.807) is 11.8 Å². The van der Waals surface area contributed by atoms with Gasteiger partial charge in [0.25, 0.3) is 0 Å². The molecule has 0 spiro atoms. The average Bonchev–Trinajstić information content (AvgIpc) is 3.21. The minimum atomic E-state index is -1.09. The summed E-state index contributed by atoms with van der Waals surface area (Å²) in [4.78, 5) is 17.1. The fourth-order valence-electron chi connectivity index (χ4n) is 3.92. The number of aliphatic hydroxyl groups excluding tert-OH is 1. The van der Waals surface area contributed by atoms with Gasteiger partial charge in [0, 0.05) is 17.0 Å². The zero-order valence-corrected chi connectivity index (χ0v) is 19.5. The van der Waals surface area contributed by atoms with E-state index in [-0.39, 0.29) is 0 Å². The third-order valence-corrected chi connectivity index (χ3v) is 6.52. The molecular weight excluding hydrogens is 436 g/mol. The van der Waals surface area contributed by atoms with Crippen molar-refractivity contribution in [2.75, 3.05) is 6.26 Å². The van der Waals surface area contributed by atoms with E-state index in [1.807, 2.05) is 48.7 Å². The first kappa shape index (κ1) is 23.0. The molecule has 0 fully saturated rings. The lowest BCUT2D eigenvalue weighted by Gasteiger charge is -2.18. The Labute approximate surface area is 196 Å². The number of oxazole rings is 1. The molecule has 0 radical (unpaired) electrons. The van der Waals surface area contributed by atoms with Gasteiger partial charge in [-0.05, 0) is 60.6 Å². The number of rotatable bonds is 8. The predicted octanol–water partition coefficient (Wildman–Crippen LogP) is 5.12. The van der Waals surface area contributed by atoms with Gasteiger partial charge in [0.15, 0.2) is 5.58 Å². The number of nitrogens with one attached hydrogen (secondary N) is 1. The average molecular weight is 463 g/mol. The second kappa shape index (κ2) is 9.79. The molecule has 170 valence electrons. The van der Waals surface area contributed by atoms with E-state index in [4.69, 9.17) is 9.40 Å². The van der Waals surface area contributed by atoms with Crippen molar-refractivity contribution in [2.45, 2.75) is 37.4 Å². The van der Waals surface area contributed by atoms with Crippen LogP contribution in [0.2, 0.25) is 0 Å². The van der Waals surface area contributed by atoms with E-state index >= 15 is 0 Å². The first-order valence-electron chi connectivity index (χ1n) is 10.7. The highest BCUT2D eigenvalue weighted by Gasteiger charge is 2.23. The van der Waals surface area contributed by atoms with Crippen molar-refractivity contribution < 1.29 is 19.4 Å². The highest BCUT2D eigenvalue weighted by atomic mass is 32.2. The normalized spacial score (nSPS) is 13.2. The topological polar surface area (TPSA) is 95.6 Å². The van der Waals surface area contributed by atoms with Crippen LogP contribution in [0.1, 0.15) is 18.1 Å². The number of thioether (sulfide) groups is 1. The summed E-state index contributed by atoms with van der Waals surface area (Å²) in [6, 6.07) is 19.1. The van der Waals surface area contributed by atoms with Crippen LogP contribution in [-0.4, -0.2) is 39.6 Å². The number of hydrogen-bond donors (Lipinski definition) is 3. The maximum absolute atomic E-state index is 11.4. The molecule has 0 saturated carbocycles. The van der Waals surface area contributed by atoms with Crippen molar-refractivity contribution in [3.8, 4) is 22.6 Å². The molecule has 1 heterocycles. The smallest absolute Gasteiger partial charge is 0.323 e. The molecule has 0 aliphatic carbocycles. The molecule has 0 saturated heterocycles. The molecule has 1 aromatic heterocycles. The van der Waals surface area contributed by atoms with Crippen molar-refractivity contribution in [2.24, 2.45) is 0 Å². The van der Waals surface area contributed by atoms with Gasteiger partial charge in [-0.15, -0.1) is 11.8 Å². The highest BCUT2D eigenvalue weighted by molar-refractivity contribution is 7.98. The summed E-state index contributed by atoms with van der Waals surface area (Å²) in [5.41, 5.74) is 6.55. The number of carboxylic acid groups (broad SMARTS) is 1. The predicted molar refractivity (Wildman–Crippen MR) is 131 cm³/mol. The molecular formula is C26H26N2O4S. The molecule has 3 N–H and O–H groups in total. The number of aliphatic hydroxyl groups is 1. The Kier molecular flexibility index (Phi) is 6.83. The van der Waals surface area contributed by atoms with Gasteiger partial charge in [-0.1, -0.05) is 42.5 Å². The van der Waals surface area contributed by atoms with Crippen LogP contribution >= 0.6 is 11.8 Å². The zero-order valence-electron chi connectivity index (χ0n) is 18.7. The Morgan fingerprint density at radius 3 is 2.52 bits per heavy atom. The van der Waals surface area contributed by atoms with Gasteiger partial charge in [0.1, 0.15) is 11.6 Å². The largest absolute Gasteiger partial charge is 0.480 e. The first-order valence-corrected chi connectivity index (χ1v) is 11.9. The Morgan fingerprint density at radius 1 is 1.12 bits per heavy atom. The SMILES string of the molecule is CSc1cc2oc(-c3cccc(-c4ccccc4)c3C)nc2cc1CN[C@@H](C(=O)O)[C@@H](C)O. The van der Waals surface area contributed by atoms with Crippen LogP contribution < -0.4 is 5.32 Å². The lowest BCUT2D eigenvalue weighted by atomic mass is 9.96. The van der Waals surface area contributed by atoms with Gasteiger partial charge in [-0.25, -0.2) is 4.98 Å². The van der Waals surface area contributed by atoms with Crippen molar-refractivity contribution in [3.63, 3.8) is 0 Å². The minimum absolute atomic E-state index is 0.290. The van der Waals surface area contributed by atoms with E-state index in [9.17, 15) is 15.0 Å². The Hall–Kier alpha value is -3.13. The highest BCUT2D eigenvalue weighted by Crippen LogP contribution is 2.34. The number of benzene rings is 3. The van der Waals surface area contributed by atoms with Crippen LogP contribution in [0.15, 0.2) is 70.0 Å². The first-order chi connectivity index (χ1) is 15.9. The third kappa shape index (κ3) is 4.80. The molecule has 0 bridgehead atoms. The summed E-state index contributed by atoms with van der Waals surface area (Å²) < 4.78 is 6.15. The molecule has 7 heteroatoms. The van der Waals surface area contributed by atoms with Crippen molar-refractivity contribution in [3.05, 3.63) is 71.8 Å². The van der Waals surface area contributed by atoms with Gasteiger partial charge in [0.2, 0.25) is 5.89 Å². The standard InChI is InChI=1S/C26H26N2O4S/c1-15-19(17-8-5-4-6-9-17)10-7-11-20(15)25-28-21-12-18(23(33-3)13-22(21)32-25)14-27-24(16(2)29)26(30)31/h4-13,16,24,27,29H,14H2,1-3H3,(H,30,31)/t16-,24-/m1/s1. The monoisotopic (exact) mass is 462 g/mol. The number of carbonyl (C=O) groups is 1. The van der Waals surface area contributed by atoms with Crippen LogP contribution in [0.25, 0.3) is 33.7 Å². The summed E-state index contributed by atoms with van der Waals surface area (Å²) in [5, 5.41) is 22.0. The van der Waals surface area contributed by atoms with E-state index in [2.05, 4.69) is 30.4 Å². The van der Waals surface area contributed by atoms with Gasteiger partial charge >= 0.3 is 5.97 Å². The Bertz CT molecular complexity index is 1280. The zero-order chi connectivity index (χ0) is 23.5. The quantitative estimate of drug-likeness (QED) is 0.313. The number of carboxylic acids is 1. The Balaban J connectivity index is 1.70. The second-order valence-electron chi connectivity index (χ2n) is 7.93. The van der Waals surface area contributed by atoms with Crippen molar-refractivity contribution in [1.29, 1.82) is 0 Å².